The van der Waals surface area contributed by atoms with Gasteiger partial charge in [0.25, 0.3) is 0 Å². The molecule has 3 N–H and O–H groups in total. The standard InChI is InChI=1S/C13H17NO3/c15-8-7-13(5-6-13)9-14-11-3-1-10(2-4-11)12(16)17/h1-4,14-15H,5-9H2,(H,16,17). The molecule has 1 fully saturated rings. The Hall–Kier alpha value is -1.55. The van der Waals surface area contributed by atoms with Gasteiger partial charge in [0.1, 0.15) is 0 Å². The molecule has 0 saturated heterocycles. The van der Waals surface area contributed by atoms with Crippen LogP contribution < -0.4 is 5.32 Å². The number of hydrogen-bond acceptors (Lipinski definition) is 3. The number of nitrogens with one attached hydrogen (secondary N) is 1. The molecular weight excluding hydrogens is 218 g/mol. The Morgan fingerprint density at radius 2 is 1.94 bits per heavy atom. The third-order valence-electron chi connectivity index (χ3n) is 3.40. The largest absolute Gasteiger partial charge is 0.478 e. The summed E-state index contributed by atoms with van der Waals surface area (Å²) in [5, 5.41) is 21.0. The van der Waals surface area contributed by atoms with Crippen molar-refractivity contribution in [3.8, 4) is 0 Å². The second kappa shape index (κ2) is 4.75. The van der Waals surface area contributed by atoms with Crippen molar-refractivity contribution >= 4 is 11.7 Å². The fourth-order valence-corrected chi connectivity index (χ4v) is 1.95. The summed E-state index contributed by atoms with van der Waals surface area (Å²) in [6.45, 7) is 1.08. The molecule has 1 saturated carbocycles. The molecule has 2 rings (SSSR count). The summed E-state index contributed by atoms with van der Waals surface area (Å²) >= 11 is 0. The molecule has 0 aliphatic heterocycles. The monoisotopic (exact) mass is 235 g/mol. The van der Waals surface area contributed by atoms with Crippen LogP contribution in [0.4, 0.5) is 5.69 Å². The predicted octanol–water partition coefficient (Wildman–Crippen LogP) is 1.96. The first-order chi connectivity index (χ1) is 8.15. The maximum atomic E-state index is 10.7. The van der Waals surface area contributed by atoms with E-state index in [1.807, 2.05) is 0 Å². The lowest BCUT2D eigenvalue weighted by molar-refractivity contribution is 0.0697. The van der Waals surface area contributed by atoms with E-state index in [-0.39, 0.29) is 12.0 Å². The van der Waals surface area contributed by atoms with Crippen LogP contribution in [0.2, 0.25) is 0 Å². The molecule has 1 aliphatic rings. The highest BCUT2D eigenvalue weighted by Crippen LogP contribution is 2.48. The van der Waals surface area contributed by atoms with Gasteiger partial charge >= 0.3 is 5.97 Å². The number of carbonyl (C=O) groups is 1. The van der Waals surface area contributed by atoms with E-state index in [0.29, 0.717) is 5.56 Å². The second-order valence-corrected chi connectivity index (χ2v) is 4.71. The summed E-state index contributed by atoms with van der Waals surface area (Å²) in [5.41, 5.74) is 1.49. The third kappa shape index (κ3) is 2.97. The number of rotatable bonds is 6. The van der Waals surface area contributed by atoms with Crippen LogP contribution in [0.3, 0.4) is 0 Å². The smallest absolute Gasteiger partial charge is 0.335 e. The third-order valence-corrected chi connectivity index (χ3v) is 3.40. The first kappa shape index (κ1) is 11.9. The molecule has 17 heavy (non-hydrogen) atoms. The van der Waals surface area contributed by atoms with Crippen LogP contribution in [0.1, 0.15) is 29.6 Å². The molecule has 0 aromatic heterocycles. The molecule has 92 valence electrons. The summed E-state index contributed by atoms with van der Waals surface area (Å²) in [4.78, 5) is 10.7. The molecule has 0 atom stereocenters. The lowest BCUT2D eigenvalue weighted by Gasteiger charge is -2.15. The van der Waals surface area contributed by atoms with Gasteiger partial charge in [0.05, 0.1) is 5.56 Å². The zero-order valence-corrected chi connectivity index (χ0v) is 9.65. The van der Waals surface area contributed by atoms with Crippen molar-refractivity contribution in [3.63, 3.8) is 0 Å². The molecular formula is C13H17NO3. The molecule has 1 aliphatic carbocycles. The normalized spacial score (nSPS) is 16.5. The van der Waals surface area contributed by atoms with E-state index in [1.165, 1.54) is 0 Å². The van der Waals surface area contributed by atoms with E-state index in [1.54, 1.807) is 24.3 Å². The van der Waals surface area contributed by atoms with Crippen LogP contribution in [0.25, 0.3) is 0 Å². The SMILES string of the molecule is O=C(O)c1ccc(NCC2(CCO)CC2)cc1. The molecule has 4 nitrogen and oxygen atoms in total. The lowest BCUT2D eigenvalue weighted by atomic mass is 10.0. The van der Waals surface area contributed by atoms with Gasteiger partial charge in [0.2, 0.25) is 0 Å². The Labute approximate surface area is 100 Å². The highest BCUT2D eigenvalue weighted by atomic mass is 16.4. The lowest BCUT2D eigenvalue weighted by Crippen LogP contribution is -2.16. The van der Waals surface area contributed by atoms with Crippen molar-refractivity contribution in [2.24, 2.45) is 5.41 Å². The average molecular weight is 235 g/mol. The molecule has 0 radical (unpaired) electrons. The molecule has 4 heteroatoms. The zero-order chi connectivity index (χ0) is 12.3. The van der Waals surface area contributed by atoms with Gasteiger partial charge in [-0.1, -0.05) is 0 Å². The van der Waals surface area contributed by atoms with Crippen LogP contribution in [0.5, 0.6) is 0 Å². The van der Waals surface area contributed by atoms with Gasteiger partial charge in [-0.15, -0.1) is 0 Å². The van der Waals surface area contributed by atoms with Crippen LogP contribution >= 0.6 is 0 Å². The van der Waals surface area contributed by atoms with Gasteiger partial charge in [-0.05, 0) is 48.9 Å². The van der Waals surface area contributed by atoms with E-state index in [2.05, 4.69) is 5.32 Å². The number of benzene rings is 1. The number of aliphatic hydroxyl groups is 1. The number of carboxylic acid groups (broad SMARTS) is 1. The predicted molar refractivity (Wildman–Crippen MR) is 65.3 cm³/mol. The molecule has 0 heterocycles. The summed E-state index contributed by atoms with van der Waals surface area (Å²) in [6, 6.07) is 6.74. The van der Waals surface area contributed by atoms with Crippen molar-refractivity contribution in [3.05, 3.63) is 29.8 Å². The van der Waals surface area contributed by atoms with Crippen molar-refractivity contribution in [1.29, 1.82) is 0 Å². The van der Waals surface area contributed by atoms with Crippen molar-refractivity contribution in [2.75, 3.05) is 18.5 Å². The topological polar surface area (TPSA) is 69.6 Å². The number of hydrogen-bond donors (Lipinski definition) is 3. The van der Waals surface area contributed by atoms with Crippen LogP contribution in [0.15, 0.2) is 24.3 Å². The zero-order valence-electron chi connectivity index (χ0n) is 9.65. The van der Waals surface area contributed by atoms with Gasteiger partial charge in [-0.2, -0.15) is 0 Å². The minimum Gasteiger partial charge on any atom is -0.478 e. The second-order valence-electron chi connectivity index (χ2n) is 4.71. The van der Waals surface area contributed by atoms with Gasteiger partial charge in [0.15, 0.2) is 0 Å². The van der Waals surface area contributed by atoms with Crippen molar-refractivity contribution in [1.82, 2.24) is 0 Å². The highest BCUT2D eigenvalue weighted by molar-refractivity contribution is 5.87. The molecule has 0 bridgehead atoms. The average Bonchev–Trinajstić information content (AvgIpc) is 3.08. The maximum Gasteiger partial charge on any atom is 0.335 e. The van der Waals surface area contributed by atoms with Gasteiger partial charge in [0, 0.05) is 18.8 Å². The van der Waals surface area contributed by atoms with Gasteiger partial charge in [-0.3, -0.25) is 0 Å². The van der Waals surface area contributed by atoms with Gasteiger partial charge < -0.3 is 15.5 Å². The molecule has 0 amide bonds. The van der Waals surface area contributed by atoms with Crippen molar-refractivity contribution in [2.45, 2.75) is 19.3 Å². The molecule has 1 aromatic rings. The van der Waals surface area contributed by atoms with E-state index >= 15 is 0 Å². The summed E-state index contributed by atoms with van der Waals surface area (Å²) < 4.78 is 0. The number of aliphatic hydroxyl groups excluding tert-OH is 1. The Kier molecular flexibility index (Phi) is 3.33. The molecule has 0 unspecified atom stereocenters. The number of anilines is 1. The quantitative estimate of drug-likeness (QED) is 0.705. The maximum absolute atomic E-state index is 10.7. The number of aromatic carboxylic acids is 1. The van der Waals surface area contributed by atoms with Crippen molar-refractivity contribution < 1.29 is 15.0 Å². The minimum absolute atomic E-state index is 0.236. The first-order valence-corrected chi connectivity index (χ1v) is 5.83. The fraction of sp³-hybridized carbons (Fsp3) is 0.462. The molecule has 0 spiro atoms. The van der Waals surface area contributed by atoms with Crippen LogP contribution in [0, 0.1) is 5.41 Å². The van der Waals surface area contributed by atoms with E-state index < -0.39 is 5.97 Å². The van der Waals surface area contributed by atoms with E-state index in [0.717, 1.165) is 31.5 Å². The summed E-state index contributed by atoms with van der Waals surface area (Å²) in [5.74, 6) is -0.907. The molecule has 1 aromatic carbocycles. The highest BCUT2D eigenvalue weighted by Gasteiger charge is 2.41. The van der Waals surface area contributed by atoms with Gasteiger partial charge in [-0.25, -0.2) is 4.79 Å². The van der Waals surface area contributed by atoms with E-state index in [4.69, 9.17) is 10.2 Å². The minimum atomic E-state index is -0.907. The van der Waals surface area contributed by atoms with Crippen LogP contribution in [-0.4, -0.2) is 29.3 Å². The Bertz CT molecular complexity index is 396. The first-order valence-electron chi connectivity index (χ1n) is 5.83. The Balaban J connectivity index is 1.89. The van der Waals surface area contributed by atoms with Crippen LogP contribution in [-0.2, 0) is 0 Å². The fourth-order valence-electron chi connectivity index (χ4n) is 1.95. The Morgan fingerprint density at radius 1 is 1.29 bits per heavy atom. The number of carboxylic acids is 1. The Morgan fingerprint density at radius 3 is 2.41 bits per heavy atom. The summed E-state index contributed by atoms with van der Waals surface area (Å²) in [7, 11) is 0. The van der Waals surface area contributed by atoms with E-state index in [9.17, 15) is 4.79 Å². The summed E-state index contributed by atoms with van der Waals surface area (Å²) in [6.07, 6.45) is 3.16.